The van der Waals surface area contributed by atoms with Gasteiger partial charge in [0.25, 0.3) is 5.91 Å². The Morgan fingerprint density at radius 2 is 1.84 bits per heavy atom. The molecule has 0 radical (unpaired) electrons. The molecule has 7 nitrogen and oxygen atoms in total. The number of carbonyl (C=O) groups is 1. The minimum absolute atomic E-state index is 0.105. The number of likely N-dealkylation sites (N-methyl/N-ethyl adjacent to an activating group) is 2. The molecule has 132 valence electrons. The average Bonchev–Trinajstić information content (AvgIpc) is 2.67. The number of anilines is 1. The molecule has 1 aliphatic heterocycles. The summed E-state index contributed by atoms with van der Waals surface area (Å²) in [6, 6.07) is 3.92. The van der Waals surface area contributed by atoms with E-state index in [4.69, 9.17) is 0 Å². The summed E-state index contributed by atoms with van der Waals surface area (Å²) in [6.07, 6.45) is 7.60. The summed E-state index contributed by atoms with van der Waals surface area (Å²) in [6.45, 7) is 4.53. The van der Waals surface area contributed by atoms with E-state index in [1.807, 2.05) is 12.1 Å². The van der Waals surface area contributed by atoms with Crippen LogP contribution in [0.4, 0.5) is 5.82 Å². The molecular formula is C18H24N6O. The van der Waals surface area contributed by atoms with Crippen LogP contribution in [-0.4, -0.2) is 77.5 Å². The molecule has 0 saturated carbocycles. The molecule has 1 fully saturated rings. The largest absolute Gasteiger partial charge is 0.353 e. The number of hydrogen-bond donors (Lipinski definition) is 0. The summed E-state index contributed by atoms with van der Waals surface area (Å²) in [7, 11) is 3.91. The molecule has 1 saturated heterocycles. The summed E-state index contributed by atoms with van der Waals surface area (Å²) in [5, 5.41) is 0. The highest BCUT2D eigenvalue weighted by Gasteiger charge is 2.18. The van der Waals surface area contributed by atoms with Gasteiger partial charge in [0.15, 0.2) is 0 Å². The van der Waals surface area contributed by atoms with Gasteiger partial charge in [-0.25, -0.2) is 9.97 Å². The lowest BCUT2D eigenvalue weighted by atomic mass is 10.2. The molecule has 0 aliphatic carbocycles. The van der Waals surface area contributed by atoms with Crippen LogP contribution in [0.15, 0.2) is 36.9 Å². The first kappa shape index (κ1) is 17.3. The number of rotatable bonds is 5. The molecule has 3 rings (SSSR count). The monoisotopic (exact) mass is 340 g/mol. The van der Waals surface area contributed by atoms with Gasteiger partial charge in [0.2, 0.25) is 0 Å². The van der Waals surface area contributed by atoms with Crippen LogP contribution in [0.2, 0.25) is 0 Å². The zero-order valence-electron chi connectivity index (χ0n) is 14.8. The van der Waals surface area contributed by atoms with Crippen LogP contribution in [0.5, 0.6) is 0 Å². The van der Waals surface area contributed by atoms with Crippen molar-refractivity contribution in [2.24, 2.45) is 0 Å². The van der Waals surface area contributed by atoms with Crippen LogP contribution >= 0.6 is 0 Å². The number of piperazine rings is 1. The quantitative estimate of drug-likeness (QED) is 0.807. The fourth-order valence-electron chi connectivity index (χ4n) is 2.77. The number of carbonyl (C=O) groups excluding carboxylic acids is 1. The topological polar surface area (TPSA) is 65.5 Å². The highest BCUT2D eigenvalue weighted by Crippen LogP contribution is 2.12. The standard InChI is InChI=1S/C18H24N6O/c1-22-9-11-24(12-10-22)17-14-20-16(13-21-17)18(25)23(2)8-5-15-3-6-19-7-4-15/h3-4,6-7,13-14H,5,8-12H2,1-2H3. The van der Waals surface area contributed by atoms with Crippen molar-refractivity contribution in [1.29, 1.82) is 0 Å². The second-order valence-electron chi connectivity index (χ2n) is 6.38. The molecule has 0 spiro atoms. The number of amides is 1. The Bertz CT molecular complexity index is 682. The van der Waals surface area contributed by atoms with Crippen molar-refractivity contribution in [3.8, 4) is 0 Å². The number of nitrogens with zero attached hydrogens (tertiary/aromatic N) is 6. The van der Waals surface area contributed by atoms with Gasteiger partial charge >= 0.3 is 0 Å². The SMILES string of the molecule is CN1CCN(c2cnc(C(=O)N(C)CCc3ccncc3)cn2)CC1. The molecule has 2 aromatic rings. The van der Waals surface area contributed by atoms with Crippen LogP contribution in [-0.2, 0) is 6.42 Å². The predicted octanol–water partition coefficient (Wildman–Crippen LogP) is 0.938. The summed E-state index contributed by atoms with van der Waals surface area (Å²) in [4.78, 5) is 31.4. The van der Waals surface area contributed by atoms with E-state index in [1.54, 1.807) is 36.7 Å². The first-order chi connectivity index (χ1) is 12.1. The molecule has 1 amide bonds. The highest BCUT2D eigenvalue weighted by atomic mass is 16.2. The van der Waals surface area contributed by atoms with Crippen LogP contribution < -0.4 is 4.90 Å². The van der Waals surface area contributed by atoms with E-state index in [0.717, 1.165) is 44.0 Å². The van der Waals surface area contributed by atoms with Crippen molar-refractivity contribution >= 4 is 11.7 Å². The van der Waals surface area contributed by atoms with Gasteiger partial charge in [-0.15, -0.1) is 0 Å². The molecule has 0 unspecified atom stereocenters. The zero-order chi connectivity index (χ0) is 17.6. The molecule has 0 bridgehead atoms. The lowest BCUT2D eigenvalue weighted by Crippen LogP contribution is -2.44. The Balaban J connectivity index is 1.56. The van der Waals surface area contributed by atoms with Crippen LogP contribution in [0, 0.1) is 0 Å². The molecule has 7 heteroatoms. The molecule has 0 N–H and O–H groups in total. The maximum atomic E-state index is 12.5. The highest BCUT2D eigenvalue weighted by molar-refractivity contribution is 5.91. The van der Waals surface area contributed by atoms with Crippen molar-refractivity contribution in [3.05, 3.63) is 48.2 Å². The third-order valence-electron chi connectivity index (χ3n) is 4.52. The molecule has 2 aromatic heterocycles. The van der Waals surface area contributed by atoms with Gasteiger partial charge in [-0.05, 0) is 31.2 Å². The van der Waals surface area contributed by atoms with Crippen LogP contribution in [0.3, 0.4) is 0 Å². The summed E-state index contributed by atoms with van der Waals surface area (Å²) >= 11 is 0. The van der Waals surface area contributed by atoms with Crippen molar-refractivity contribution in [2.45, 2.75) is 6.42 Å². The Hall–Kier alpha value is -2.54. The minimum Gasteiger partial charge on any atom is -0.353 e. The molecule has 3 heterocycles. The fraction of sp³-hybridized carbons (Fsp3) is 0.444. The van der Waals surface area contributed by atoms with Crippen molar-refractivity contribution < 1.29 is 4.79 Å². The Morgan fingerprint density at radius 3 is 2.48 bits per heavy atom. The van der Waals surface area contributed by atoms with E-state index in [2.05, 4.69) is 31.8 Å². The van der Waals surface area contributed by atoms with Gasteiger partial charge in [-0.1, -0.05) is 0 Å². The second kappa shape index (κ2) is 8.02. The summed E-state index contributed by atoms with van der Waals surface area (Å²) in [5.41, 5.74) is 1.54. The number of hydrogen-bond acceptors (Lipinski definition) is 6. The number of aromatic nitrogens is 3. The molecular weight excluding hydrogens is 316 g/mol. The molecule has 25 heavy (non-hydrogen) atoms. The summed E-state index contributed by atoms with van der Waals surface area (Å²) in [5.74, 6) is 0.732. The van der Waals surface area contributed by atoms with E-state index >= 15 is 0 Å². The Kier molecular flexibility index (Phi) is 5.55. The van der Waals surface area contributed by atoms with E-state index in [9.17, 15) is 4.79 Å². The van der Waals surface area contributed by atoms with Gasteiger partial charge in [-0.3, -0.25) is 9.78 Å². The van der Waals surface area contributed by atoms with Gasteiger partial charge in [0.1, 0.15) is 11.5 Å². The molecule has 0 atom stereocenters. The minimum atomic E-state index is -0.105. The van der Waals surface area contributed by atoms with Crippen LogP contribution in [0.25, 0.3) is 0 Å². The smallest absolute Gasteiger partial charge is 0.273 e. The Labute approximate surface area is 148 Å². The lowest BCUT2D eigenvalue weighted by molar-refractivity contribution is 0.0790. The first-order valence-corrected chi connectivity index (χ1v) is 8.53. The van der Waals surface area contributed by atoms with Crippen molar-refractivity contribution in [3.63, 3.8) is 0 Å². The van der Waals surface area contributed by atoms with Crippen molar-refractivity contribution in [1.82, 2.24) is 24.8 Å². The van der Waals surface area contributed by atoms with E-state index in [-0.39, 0.29) is 5.91 Å². The van der Waals surface area contributed by atoms with E-state index in [0.29, 0.717) is 12.2 Å². The summed E-state index contributed by atoms with van der Waals surface area (Å²) < 4.78 is 0. The average molecular weight is 340 g/mol. The predicted molar refractivity (Wildman–Crippen MR) is 96.6 cm³/mol. The Morgan fingerprint density at radius 1 is 1.12 bits per heavy atom. The van der Waals surface area contributed by atoms with Gasteiger partial charge in [-0.2, -0.15) is 0 Å². The van der Waals surface area contributed by atoms with Crippen LogP contribution in [0.1, 0.15) is 16.1 Å². The normalized spacial score (nSPS) is 15.2. The fourth-order valence-corrected chi connectivity index (χ4v) is 2.77. The van der Waals surface area contributed by atoms with Gasteiger partial charge < -0.3 is 14.7 Å². The molecule has 0 aromatic carbocycles. The van der Waals surface area contributed by atoms with E-state index < -0.39 is 0 Å². The van der Waals surface area contributed by atoms with Gasteiger partial charge in [0.05, 0.1) is 12.4 Å². The first-order valence-electron chi connectivity index (χ1n) is 8.53. The third-order valence-corrected chi connectivity index (χ3v) is 4.52. The van der Waals surface area contributed by atoms with Gasteiger partial charge in [0, 0.05) is 52.2 Å². The number of pyridine rings is 1. The van der Waals surface area contributed by atoms with E-state index in [1.165, 1.54) is 0 Å². The third kappa shape index (κ3) is 4.51. The maximum Gasteiger partial charge on any atom is 0.273 e. The zero-order valence-corrected chi connectivity index (χ0v) is 14.8. The maximum absolute atomic E-state index is 12.5. The second-order valence-corrected chi connectivity index (χ2v) is 6.38. The lowest BCUT2D eigenvalue weighted by Gasteiger charge is -2.32. The molecule has 1 aliphatic rings. The van der Waals surface area contributed by atoms with Crippen molar-refractivity contribution in [2.75, 3.05) is 51.7 Å².